The number of esters is 1. The molecular formula is C22H24N2O4S. The Hall–Kier alpha value is -2.54. The van der Waals surface area contributed by atoms with Crippen molar-refractivity contribution in [2.75, 3.05) is 11.9 Å². The Labute approximate surface area is 173 Å². The highest BCUT2D eigenvalue weighted by Crippen LogP contribution is 2.40. The summed E-state index contributed by atoms with van der Waals surface area (Å²) in [6, 6.07) is 8.00. The van der Waals surface area contributed by atoms with E-state index in [1.807, 2.05) is 36.6 Å². The highest BCUT2D eigenvalue weighted by molar-refractivity contribution is 7.14. The Balaban J connectivity index is 1.27. The summed E-state index contributed by atoms with van der Waals surface area (Å²) in [6.07, 6.45) is 3.91. The van der Waals surface area contributed by atoms with Gasteiger partial charge in [0.05, 0.1) is 11.6 Å². The van der Waals surface area contributed by atoms with Crippen LogP contribution in [0.3, 0.4) is 0 Å². The van der Waals surface area contributed by atoms with Crippen LogP contribution in [0.4, 0.5) is 5.13 Å². The number of aryl methyl sites for hydroxylation is 1. The number of aromatic nitrogens is 1. The van der Waals surface area contributed by atoms with Crippen molar-refractivity contribution in [1.29, 1.82) is 0 Å². The van der Waals surface area contributed by atoms with Gasteiger partial charge in [-0.15, -0.1) is 11.3 Å². The Morgan fingerprint density at radius 1 is 1.17 bits per heavy atom. The van der Waals surface area contributed by atoms with Crippen LogP contribution in [0.2, 0.25) is 0 Å². The molecule has 2 aromatic rings. The molecule has 2 saturated carbocycles. The van der Waals surface area contributed by atoms with Gasteiger partial charge in [0.1, 0.15) is 5.78 Å². The van der Waals surface area contributed by atoms with Gasteiger partial charge in [0, 0.05) is 22.8 Å². The van der Waals surface area contributed by atoms with Crippen LogP contribution < -0.4 is 5.32 Å². The fourth-order valence-corrected chi connectivity index (χ4v) is 5.01. The molecule has 0 saturated heterocycles. The number of ether oxygens (including phenoxy) is 1. The second-order valence-electron chi connectivity index (χ2n) is 7.96. The number of Topliss-reactive ketones (excluding diaryl/α,β-unsaturated/α-hetero) is 1. The predicted molar refractivity (Wildman–Crippen MR) is 110 cm³/mol. The van der Waals surface area contributed by atoms with Gasteiger partial charge in [0.25, 0.3) is 5.91 Å². The number of anilines is 1. The fraction of sp³-hybridized carbons (Fsp3) is 0.455. The van der Waals surface area contributed by atoms with E-state index in [1.54, 1.807) is 0 Å². The number of ketones is 1. The average Bonchev–Trinajstić information content (AvgIpc) is 3.15. The van der Waals surface area contributed by atoms with Crippen molar-refractivity contribution in [3.05, 3.63) is 35.2 Å². The van der Waals surface area contributed by atoms with E-state index in [1.165, 1.54) is 16.9 Å². The van der Waals surface area contributed by atoms with Gasteiger partial charge in [-0.2, -0.15) is 0 Å². The topological polar surface area (TPSA) is 85.4 Å². The zero-order valence-corrected chi connectivity index (χ0v) is 17.2. The Bertz CT molecular complexity index is 905. The van der Waals surface area contributed by atoms with E-state index in [0.29, 0.717) is 23.8 Å². The van der Waals surface area contributed by atoms with Crippen LogP contribution in [0.5, 0.6) is 0 Å². The van der Waals surface area contributed by atoms with Crippen molar-refractivity contribution in [2.24, 2.45) is 17.8 Å². The molecule has 1 aromatic carbocycles. The maximum atomic E-state index is 12.4. The molecule has 0 spiro atoms. The molecule has 2 atom stereocenters. The van der Waals surface area contributed by atoms with Gasteiger partial charge < -0.3 is 4.74 Å². The quantitative estimate of drug-likeness (QED) is 0.751. The molecule has 1 aromatic heterocycles. The summed E-state index contributed by atoms with van der Waals surface area (Å²) >= 11 is 1.33. The second kappa shape index (κ2) is 8.45. The SMILES string of the molecule is Cc1ccc(-c2csc(NC(=O)COC(=O)C3C[C@H]4CCC[C@H](C3)C4=O)n2)cc1. The monoisotopic (exact) mass is 412 g/mol. The molecule has 29 heavy (non-hydrogen) atoms. The van der Waals surface area contributed by atoms with Crippen molar-refractivity contribution >= 4 is 34.1 Å². The lowest BCUT2D eigenvalue weighted by molar-refractivity contribution is -0.155. The van der Waals surface area contributed by atoms with Gasteiger partial charge in [-0.05, 0) is 32.6 Å². The number of benzene rings is 1. The average molecular weight is 413 g/mol. The molecule has 0 aliphatic heterocycles. The largest absolute Gasteiger partial charge is 0.455 e. The van der Waals surface area contributed by atoms with Crippen LogP contribution in [0.25, 0.3) is 11.3 Å². The van der Waals surface area contributed by atoms with Crippen LogP contribution in [-0.2, 0) is 19.1 Å². The van der Waals surface area contributed by atoms with Crippen molar-refractivity contribution in [2.45, 2.75) is 39.0 Å². The van der Waals surface area contributed by atoms with Crippen molar-refractivity contribution in [3.8, 4) is 11.3 Å². The summed E-state index contributed by atoms with van der Waals surface area (Å²) in [7, 11) is 0. The summed E-state index contributed by atoms with van der Waals surface area (Å²) in [5.41, 5.74) is 2.95. The first-order valence-electron chi connectivity index (χ1n) is 10.0. The van der Waals surface area contributed by atoms with Gasteiger partial charge in [-0.3, -0.25) is 19.7 Å². The second-order valence-corrected chi connectivity index (χ2v) is 8.81. The molecular weight excluding hydrogens is 388 g/mol. The molecule has 1 heterocycles. The van der Waals surface area contributed by atoms with E-state index in [4.69, 9.17) is 4.74 Å². The summed E-state index contributed by atoms with van der Waals surface area (Å²) in [5.74, 6) is -0.761. The minimum atomic E-state index is -0.407. The van der Waals surface area contributed by atoms with E-state index < -0.39 is 5.91 Å². The van der Waals surface area contributed by atoms with Crippen LogP contribution in [0, 0.1) is 24.7 Å². The predicted octanol–water partition coefficient (Wildman–Crippen LogP) is 4.00. The molecule has 4 rings (SSSR count). The van der Waals surface area contributed by atoms with Crippen molar-refractivity contribution < 1.29 is 19.1 Å². The van der Waals surface area contributed by atoms with Gasteiger partial charge in [0.2, 0.25) is 0 Å². The van der Waals surface area contributed by atoms with E-state index in [-0.39, 0.29) is 30.3 Å². The van der Waals surface area contributed by atoms with Crippen LogP contribution in [-0.4, -0.2) is 29.3 Å². The molecule has 0 unspecified atom stereocenters. The molecule has 1 amide bonds. The van der Waals surface area contributed by atoms with Gasteiger partial charge in [0.15, 0.2) is 11.7 Å². The lowest BCUT2D eigenvalue weighted by Gasteiger charge is -2.36. The maximum absolute atomic E-state index is 12.4. The Kier molecular flexibility index (Phi) is 5.76. The van der Waals surface area contributed by atoms with Gasteiger partial charge in [-0.25, -0.2) is 4.98 Å². The summed E-state index contributed by atoms with van der Waals surface area (Å²) in [4.78, 5) is 41.1. The molecule has 2 aliphatic rings. The number of hydrogen-bond donors (Lipinski definition) is 1. The first kappa shape index (κ1) is 19.8. The lowest BCUT2D eigenvalue weighted by atomic mass is 9.67. The summed E-state index contributed by atoms with van der Waals surface area (Å²) in [5, 5.41) is 5.04. The summed E-state index contributed by atoms with van der Waals surface area (Å²) < 4.78 is 5.24. The summed E-state index contributed by atoms with van der Waals surface area (Å²) in [6.45, 7) is 1.69. The number of carbonyl (C=O) groups is 3. The van der Waals surface area contributed by atoms with Crippen LogP contribution >= 0.6 is 11.3 Å². The molecule has 2 fully saturated rings. The number of fused-ring (bicyclic) bond motifs is 2. The Morgan fingerprint density at radius 2 is 1.86 bits per heavy atom. The molecule has 1 N–H and O–H groups in total. The van der Waals surface area contributed by atoms with Crippen LogP contribution in [0.1, 0.15) is 37.7 Å². The highest BCUT2D eigenvalue weighted by atomic mass is 32.1. The minimum Gasteiger partial charge on any atom is -0.455 e. The third-order valence-electron chi connectivity index (χ3n) is 5.82. The number of nitrogens with zero attached hydrogens (tertiary/aromatic N) is 1. The van der Waals surface area contributed by atoms with Crippen LogP contribution in [0.15, 0.2) is 29.6 Å². The number of amides is 1. The number of nitrogens with one attached hydrogen (secondary N) is 1. The highest BCUT2D eigenvalue weighted by Gasteiger charge is 2.41. The van der Waals surface area contributed by atoms with Crippen molar-refractivity contribution in [1.82, 2.24) is 4.98 Å². The molecule has 7 heteroatoms. The molecule has 6 nitrogen and oxygen atoms in total. The smallest absolute Gasteiger partial charge is 0.309 e. The van der Waals surface area contributed by atoms with Crippen molar-refractivity contribution in [3.63, 3.8) is 0 Å². The molecule has 152 valence electrons. The zero-order chi connectivity index (χ0) is 20.4. The van der Waals surface area contributed by atoms with Gasteiger partial charge >= 0.3 is 5.97 Å². The van der Waals surface area contributed by atoms with E-state index in [9.17, 15) is 14.4 Å². The third-order valence-corrected chi connectivity index (χ3v) is 6.58. The number of carbonyl (C=O) groups excluding carboxylic acids is 3. The first-order chi connectivity index (χ1) is 14.0. The maximum Gasteiger partial charge on any atom is 0.309 e. The van der Waals surface area contributed by atoms with E-state index in [2.05, 4.69) is 10.3 Å². The number of hydrogen-bond acceptors (Lipinski definition) is 6. The minimum absolute atomic E-state index is 0.00982. The number of thiazole rings is 1. The standard InChI is InChI=1S/C22H24N2O4S/c1-13-5-7-14(8-6-13)18-12-29-22(23-18)24-19(25)11-28-21(27)17-9-15-3-2-4-16(10-17)20(15)26/h5-8,12,15-17H,2-4,9-11H2,1H3,(H,23,24,25)/t15-,16-/m1/s1. The van der Waals surface area contributed by atoms with Gasteiger partial charge in [-0.1, -0.05) is 36.2 Å². The third kappa shape index (κ3) is 4.56. The first-order valence-corrected chi connectivity index (χ1v) is 10.9. The van der Waals surface area contributed by atoms with E-state index in [0.717, 1.165) is 30.5 Å². The fourth-order valence-electron chi connectivity index (χ4n) is 4.27. The van der Waals surface area contributed by atoms with E-state index >= 15 is 0 Å². The molecule has 2 aliphatic carbocycles. The zero-order valence-electron chi connectivity index (χ0n) is 16.3. The molecule has 0 radical (unpaired) electrons. The molecule has 2 bridgehead atoms. The normalized spacial score (nSPS) is 23.5. The number of rotatable bonds is 5. The Morgan fingerprint density at radius 3 is 2.55 bits per heavy atom. The lowest BCUT2D eigenvalue weighted by Crippen LogP contribution is -2.40.